The van der Waals surface area contributed by atoms with Crippen molar-refractivity contribution in [2.45, 2.75) is 19.8 Å². The van der Waals surface area contributed by atoms with Crippen LogP contribution in [0.5, 0.6) is 0 Å². The van der Waals surface area contributed by atoms with Crippen LogP contribution in [0.2, 0.25) is 0 Å². The average molecular weight is 154 g/mol. The summed E-state index contributed by atoms with van der Waals surface area (Å²) in [5.41, 5.74) is 6.10. The SMILES string of the molecule is CCCc1nocc1C(N)=O. The molecule has 1 amide bonds. The van der Waals surface area contributed by atoms with E-state index in [0.717, 1.165) is 12.8 Å². The Hall–Kier alpha value is -1.32. The molecule has 0 aliphatic rings. The molecule has 4 nitrogen and oxygen atoms in total. The molecule has 11 heavy (non-hydrogen) atoms. The van der Waals surface area contributed by atoms with Gasteiger partial charge in [0.15, 0.2) is 0 Å². The summed E-state index contributed by atoms with van der Waals surface area (Å²) in [6.45, 7) is 2.00. The lowest BCUT2D eigenvalue weighted by molar-refractivity contribution is 0.0999. The number of carbonyl (C=O) groups excluding carboxylic acids is 1. The van der Waals surface area contributed by atoms with Gasteiger partial charge in [0, 0.05) is 0 Å². The monoisotopic (exact) mass is 154 g/mol. The standard InChI is InChI=1S/C7H10N2O2/c1-2-3-6-5(7(8)10)4-11-9-6/h4H,2-3H2,1H3,(H2,8,10). The molecule has 60 valence electrons. The molecule has 0 aromatic carbocycles. The number of hydrogen-bond donors (Lipinski definition) is 1. The van der Waals surface area contributed by atoms with Crippen molar-refractivity contribution in [3.05, 3.63) is 17.5 Å². The predicted octanol–water partition coefficient (Wildman–Crippen LogP) is 0.726. The second kappa shape index (κ2) is 3.18. The third-order valence-electron chi connectivity index (χ3n) is 1.40. The first-order chi connectivity index (χ1) is 5.25. The minimum atomic E-state index is -0.477. The summed E-state index contributed by atoms with van der Waals surface area (Å²) in [6.07, 6.45) is 2.94. The lowest BCUT2D eigenvalue weighted by Gasteiger charge is -1.91. The molecule has 1 heterocycles. The number of nitrogens with two attached hydrogens (primary N) is 1. The van der Waals surface area contributed by atoms with Gasteiger partial charge in [0.05, 0.1) is 5.69 Å². The zero-order chi connectivity index (χ0) is 8.27. The summed E-state index contributed by atoms with van der Waals surface area (Å²) in [5.74, 6) is -0.477. The molecule has 0 atom stereocenters. The van der Waals surface area contributed by atoms with Gasteiger partial charge < -0.3 is 10.3 Å². The summed E-state index contributed by atoms with van der Waals surface area (Å²) in [7, 11) is 0. The second-order valence-corrected chi connectivity index (χ2v) is 2.29. The third kappa shape index (κ3) is 1.58. The number of aromatic nitrogens is 1. The van der Waals surface area contributed by atoms with E-state index in [4.69, 9.17) is 5.73 Å². The molecule has 0 radical (unpaired) electrons. The van der Waals surface area contributed by atoms with Gasteiger partial charge in [-0.25, -0.2) is 0 Å². The highest BCUT2D eigenvalue weighted by atomic mass is 16.5. The summed E-state index contributed by atoms with van der Waals surface area (Å²) in [4.78, 5) is 10.7. The molecule has 0 fully saturated rings. The quantitative estimate of drug-likeness (QED) is 0.697. The smallest absolute Gasteiger partial charge is 0.253 e. The van der Waals surface area contributed by atoms with Gasteiger partial charge in [-0.15, -0.1) is 0 Å². The van der Waals surface area contributed by atoms with Crippen molar-refractivity contribution in [2.75, 3.05) is 0 Å². The van der Waals surface area contributed by atoms with Crippen LogP contribution in [0.15, 0.2) is 10.8 Å². The first-order valence-corrected chi connectivity index (χ1v) is 3.48. The molecule has 0 unspecified atom stereocenters. The molecule has 0 saturated carbocycles. The van der Waals surface area contributed by atoms with E-state index in [0.29, 0.717) is 11.3 Å². The molecule has 0 aliphatic heterocycles. The van der Waals surface area contributed by atoms with Crippen molar-refractivity contribution >= 4 is 5.91 Å². The predicted molar refractivity (Wildman–Crippen MR) is 39.0 cm³/mol. The molecule has 1 rings (SSSR count). The molecule has 0 spiro atoms. The van der Waals surface area contributed by atoms with E-state index in [1.165, 1.54) is 6.26 Å². The van der Waals surface area contributed by atoms with Crippen LogP contribution in [0.25, 0.3) is 0 Å². The van der Waals surface area contributed by atoms with E-state index < -0.39 is 5.91 Å². The number of hydrogen-bond acceptors (Lipinski definition) is 3. The maximum absolute atomic E-state index is 10.7. The van der Waals surface area contributed by atoms with Gasteiger partial charge in [-0.1, -0.05) is 18.5 Å². The fourth-order valence-corrected chi connectivity index (χ4v) is 0.877. The largest absolute Gasteiger partial charge is 0.365 e. The molecule has 4 heteroatoms. The van der Waals surface area contributed by atoms with E-state index in [1.54, 1.807) is 0 Å². The Morgan fingerprint density at radius 3 is 3.09 bits per heavy atom. The number of carbonyl (C=O) groups is 1. The van der Waals surface area contributed by atoms with Gasteiger partial charge in [-0.05, 0) is 6.42 Å². The van der Waals surface area contributed by atoms with Crippen molar-refractivity contribution < 1.29 is 9.32 Å². The number of aryl methyl sites for hydroxylation is 1. The zero-order valence-electron chi connectivity index (χ0n) is 6.33. The topological polar surface area (TPSA) is 69.1 Å². The van der Waals surface area contributed by atoms with Crippen LogP contribution in [-0.2, 0) is 6.42 Å². The minimum absolute atomic E-state index is 0.395. The van der Waals surface area contributed by atoms with E-state index >= 15 is 0 Å². The maximum atomic E-state index is 10.7. The molecular weight excluding hydrogens is 144 g/mol. The van der Waals surface area contributed by atoms with Crippen LogP contribution in [0, 0.1) is 0 Å². The highest BCUT2D eigenvalue weighted by Gasteiger charge is 2.10. The average Bonchev–Trinajstić information content (AvgIpc) is 2.36. The fourth-order valence-electron chi connectivity index (χ4n) is 0.877. The van der Waals surface area contributed by atoms with Crippen molar-refractivity contribution in [1.82, 2.24) is 5.16 Å². The van der Waals surface area contributed by atoms with Crippen molar-refractivity contribution in [2.24, 2.45) is 5.73 Å². The molecule has 0 bridgehead atoms. The van der Waals surface area contributed by atoms with Crippen molar-refractivity contribution in [1.29, 1.82) is 0 Å². The molecule has 1 aromatic rings. The molecule has 2 N–H and O–H groups in total. The number of nitrogens with zero attached hydrogens (tertiary/aromatic N) is 1. The van der Waals surface area contributed by atoms with Gasteiger partial charge in [-0.3, -0.25) is 4.79 Å². The van der Waals surface area contributed by atoms with E-state index in [2.05, 4.69) is 9.68 Å². The molecule has 1 aromatic heterocycles. The van der Waals surface area contributed by atoms with E-state index in [9.17, 15) is 4.79 Å². The highest BCUT2D eigenvalue weighted by Crippen LogP contribution is 2.07. The number of rotatable bonds is 3. The Morgan fingerprint density at radius 2 is 2.55 bits per heavy atom. The van der Waals surface area contributed by atoms with Crippen molar-refractivity contribution in [3.63, 3.8) is 0 Å². The Kier molecular flexibility index (Phi) is 2.25. The van der Waals surface area contributed by atoms with E-state index in [-0.39, 0.29) is 0 Å². The van der Waals surface area contributed by atoms with Crippen LogP contribution >= 0.6 is 0 Å². The van der Waals surface area contributed by atoms with Crippen LogP contribution in [0.3, 0.4) is 0 Å². The first kappa shape index (κ1) is 7.78. The lowest BCUT2D eigenvalue weighted by atomic mass is 10.1. The van der Waals surface area contributed by atoms with Crippen LogP contribution < -0.4 is 5.73 Å². The Morgan fingerprint density at radius 1 is 1.82 bits per heavy atom. The van der Waals surface area contributed by atoms with Crippen LogP contribution in [0.4, 0.5) is 0 Å². The number of amides is 1. The van der Waals surface area contributed by atoms with Crippen LogP contribution in [-0.4, -0.2) is 11.1 Å². The normalized spacial score (nSPS) is 9.91. The zero-order valence-corrected chi connectivity index (χ0v) is 6.33. The van der Waals surface area contributed by atoms with Gasteiger partial charge in [-0.2, -0.15) is 0 Å². The van der Waals surface area contributed by atoms with Gasteiger partial charge in [0.1, 0.15) is 11.8 Å². The summed E-state index contributed by atoms with van der Waals surface area (Å²) < 4.78 is 4.61. The summed E-state index contributed by atoms with van der Waals surface area (Å²) in [6, 6.07) is 0. The highest BCUT2D eigenvalue weighted by molar-refractivity contribution is 5.93. The Balaban J connectivity index is 2.87. The third-order valence-corrected chi connectivity index (χ3v) is 1.40. The Labute approximate surface area is 64.4 Å². The number of primary amides is 1. The summed E-state index contributed by atoms with van der Waals surface area (Å²) >= 11 is 0. The molecule has 0 aliphatic carbocycles. The molecular formula is C7H10N2O2. The fraction of sp³-hybridized carbons (Fsp3) is 0.429. The van der Waals surface area contributed by atoms with Gasteiger partial charge in [0.25, 0.3) is 5.91 Å². The lowest BCUT2D eigenvalue weighted by Crippen LogP contribution is -2.12. The van der Waals surface area contributed by atoms with Gasteiger partial charge in [0.2, 0.25) is 0 Å². The maximum Gasteiger partial charge on any atom is 0.253 e. The second-order valence-electron chi connectivity index (χ2n) is 2.29. The molecule has 0 saturated heterocycles. The van der Waals surface area contributed by atoms with Crippen LogP contribution in [0.1, 0.15) is 29.4 Å². The van der Waals surface area contributed by atoms with Crippen molar-refractivity contribution in [3.8, 4) is 0 Å². The minimum Gasteiger partial charge on any atom is -0.365 e. The Bertz CT molecular complexity index is 255. The van der Waals surface area contributed by atoms with Gasteiger partial charge >= 0.3 is 0 Å². The van der Waals surface area contributed by atoms with E-state index in [1.807, 2.05) is 6.92 Å². The first-order valence-electron chi connectivity index (χ1n) is 3.48. The summed E-state index contributed by atoms with van der Waals surface area (Å²) in [5, 5.41) is 3.65.